The molecule has 27 heavy (non-hydrogen) atoms. The second-order valence-electron chi connectivity index (χ2n) is 6.45. The van der Waals surface area contributed by atoms with E-state index in [0.29, 0.717) is 18.7 Å². The van der Waals surface area contributed by atoms with Gasteiger partial charge in [-0.25, -0.2) is 4.39 Å². The van der Waals surface area contributed by atoms with E-state index in [1.807, 2.05) is 24.3 Å². The quantitative estimate of drug-likeness (QED) is 0.557. The first-order chi connectivity index (χ1) is 13.1. The lowest BCUT2D eigenvalue weighted by molar-refractivity contribution is -0.116. The summed E-state index contributed by atoms with van der Waals surface area (Å²) < 4.78 is 14.9. The van der Waals surface area contributed by atoms with Gasteiger partial charge >= 0.3 is 0 Å². The summed E-state index contributed by atoms with van der Waals surface area (Å²) in [5.41, 5.74) is 3.86. The molecule has 6 heteroatoms. The molecule has 0 atom stereocenters. The van der Waals surface area contributed by atoms with Crippen molar-refractivity contribution in [3.05, 3.63) is 72.2 Å². The molecule has 0 unspecified atom stereocenters. The molecule has 136 valence electrons. The van der Waals surface area contributed by atoms with Crippen LogP contribution in [0.3, 0.4) is 0 Å². The van der Waals surface area contributed by atoms with E-state index in [1.54, 1.807) is 36.1 Å². The number of aromatic nitrogens is 3. The molecule has 4 aromatic rings. The predicted molar refractivity (Wildman–Crippen MR) is 104 cm³/mol. The van der Waals surface area contributed by atoms with Crippen LogP contribution in [0.2, 0.25) is 0 Å². The number of aromatic amines is 1. The number of carbonyl (C=O) groups is 1. The van der Waals surface area contributed by atoms with Crippen LogP contribution in [-0.4, -0.2) is 20.7 Å². The van der Waals surface area contributed by atoms with E-state index in [0.717, 1.165) is 27.7 Å². The average molecular weight is 362 g/mol. The summed E-state index contributed by atoms with van der Waals surface area (Å²) in [7, 11) is 1.80. The Morgan fingerprint density at radius 1 is 1.15 bits per heavy atom. The molecule has 0 aliphatic carbocycles. The van der Waals surface area contributed by atoms with Crippen molar-refractivity contribution in [2.45, 2.75) is 12.8 Å². The Kier molecular flexibility index (Phi) is 4.46. The molecular formula is C21H19FN4O. The number of nitrogens with one attached hydrogen (secondary N) is 2. The van der Waals surface area contributed by atoms with Gasteiger partial charge in [-0.2, -0.15) is 5.10 Å². The number of benzene rings is 2. The third-order valence-electron chi connectivity index (χ3n) is 4.53. The lowest BCUT2D eigenvalue weighted by Crippen LogP contribution is -2.13. The Labute approximate surface area is 155 Å². The van der Waals surface area contributed by atoms with Crippen LogP contribution < -0.4 is 5.32 Å². The van der Waals surface area contributed by atoms with Crippen molar-refractivity contribution in [2.75, 3.05) is 5.32 Å². The summed E-state index contributed by atoms with van der Waals surface area (Å²) in [5.74, 6) is 0.176. The molecule has 0 radical (unpaired) electrons. The molecule has 5 nitrogen and oxygen atoms in total. The largest absolute Gasteiger partial charge is 0.354 e. The zero-order valence-electron chi connectivity index (χ0n) is 14.9. The first-order valence-corrected chi connectivity index (χ1v) is 8.75. The zero-order valence-corrected chi connectivity index (χ0v) is 14.9. The maximum atomic E-state index is 13.3. The van der Waals surface area contributed by atoms with Gasteiger partial charge < -0.3 is 10.3 Å². The molecule has 0 aliphatic heterocycles. The smallest absolute Gasteiger partial charge is 0.225 e. The molecule has 2 N–H and O–H groups in total. The Morgan fingerprint density at radius 3 is 2.67 bits per heavy atom. The van der Waals surface area contributed by atoms with E-state index in [2.05, 4.69) is 15.4 Å². The molecule has 2 aromatic heterocycles. The van der Waals surface area contributed by atoms with Crippen molar-refractivity contribution in [1.29, 1.82) is 0 Å². The van der Waals surface area contributed by atoms with Gasteiger partial charge in [0.2, 0.25) is 5.91 Å². The Morgan fingerprint density at radius 2 is 1.93 bits per heavy atom. The molecule has 0 saturated heterocycles. The molecule has 0 fully saturated rings. The van der Waals surface area contributed by atoms with Gasteiger partial charge in [-0.3, -0.25) is 9.48 Å². The van der Waals surface area contributed by atoms with E-state index < -0.39 is 0 Å². The van der Waals surface area contributed by atoms with E-state index >= 15 is 0 Å². The molecule has 2 heterocycles. The fourth-order valence-corrected chi connectivity index (χ4v) is 3.25. The summed E-state index contributed by atoms with van der Waals surface area (Å²) in [6.07, 6.45) is 2.67. The van der Waals surface area contributed by atoms with Crippen molar-refractivity contribution in [1.82, 2.24) is 14.8 Å². The summed E-state index contributed by atoms with van der Waals surface area (Å²) >= 11 is 0. The van der Waals surface area contributed by atoms with E-state index in [-0.39, 0.29) is 11.7 Å². The number of carbonyl (C=O) groups excluding carboxylic acids is 1. The van der Waals surface area contributed by atoms with Gasteiger partial charge in [0.15, 0.2) is 5.82 Å². The first kappa shape index (κ1) is 17.0. The van der Waals surface area contributed by atoms with Gasteiger partial charge in [0.1, 0.15) is 5.82 Å². The number of rotatable bonds is 5. The minimum Gasteiger partial charge on any atom is -0.354 e. The predicted octanol–water partition coefficient (Wildman–Crippen LogP) is 4.28. The monoisotopic (exact) mass is 362 g/mol. The summed E-state index contributed by atoms with van der Waals surface area (Å²) in [5, 5.41) is 8.04. The van der Waals surface area contributed by atoms with Gasteiger partial charge in [0.25, 0.3) is 0 Å². The zero-order chi connectivity index (χ0) is 18.8. The number of halogens is 1. The number of anilines is 1. The minimum absolute atomic E-state index is 0.0935. The highest BCUT2D eigenvalue weighted by atomic mass is 19.1. The first-order valence-electron chi connectivity index (χ1n) is 8.75. The van der Waals surface area contributed by atoms with Gasteiger partial charge in [-0.15, -0.1) is 0 Å². The van der Waals surface area contributed by atoms with Crippen molar-refractivity contribution in [3.63, 3.8) is 0 Å². The molecule has 4 rings (SSSR count). The number of aryl methyl sites for hydroxylation is 2. The molecular weight excluding hydrogens is 343 g/mol. The summed E-state index contributed by atoms with van der Waals surface area (Å²) in [6.45, 7) is 0. The highest BCUT2D eigenvalue weighted by Gasteiger charge is 2.15. The highest BCUT2D eigenvalue weighted by molar-refractivity contribution is 5.93. The fourth-order valence-electron chi connectivity index (χ4n) is 3.25. The molecule has 2 aromatic carbocycles. The number of amides is 1. The fraction of sp³-hybridized carbons (Fsp3) is 0.143. The SMILES string of the molecule is Cn1ccc(NC(=O)CCc2c(-c3ccc(F)cc3)[nH]c3ccccc23)n1. The maximum Gasteiger partial charge on any atom is 0.225 e. The number of hydrogen-bond donors (Lipinski definition) is 2. The van der Waals surface area contributed by atoms with Crippen LogP contribution in [0.15, 0.2) is 60.8 Å². The van der Waals surface area contributed by atoms with Crippen molar-refractivity contribution < 1.29 is 9.18 Å². The number of hydrogen-bond acceptors (Lipinski definition) is 2. The molecule has 1 amide bonds. The molecule has 0 bridgehead atoms. The van der Waals surface area contributed by atoms with Crippen LogP contribution in [0.4, 0.5) is 10.2 Å². The molecule has 0 aliphatic rings. The second-order valence-corrected chi connectivity index (χ2v) is 6.45. The topological polar surface area (TPSA) is 62.7 Å². The lowest BCUT2D eigenvalue weighted by atomic mass is 10.0. The van der Waals surface area contributed by atoms with Gasteiger partial charge in [0, 0.05) is 42.3 Å². The van der Waals surface area contributed by atoms with Crippen molar-refractivity contribution in [3.8, 4) is 11.3 Å². The van der Waals surface area contributed by atoms with E-state index in [1.165, 1.54) is 12.1 Å². The minimum atomic E-state index is -0.272. The van der Waals surface area contributed by atoms with Crippen LogP contribution in [0.5, 0.6) is 0 Å². The van der Waals surface area contributed by atoms with Crippen molar-refractivity contribution >= 4 is 22.6 Å². The van der Waals surface area contributed by atoms with Crippen LogP contribution in [0, 0.1) is 5.82 Å². The number of nitrogens with zero attached hydrogens (tertiary/aromatic N) is 2. The van der Waals surface area contributed by atoms with Gasteiger partial charge in [-0.1, -0.05) is 18.2 Å². The van der Waals surface area contributed by atoms with Crippen LogP contribution >= 0.6 is 0 Å². The molecule has 0 spiro atoms. The highest BCUT2D eigenvalue weighted by Crippen LogP contribution is 2.31. The van der Waals surface area contributed by atoms with Crippen LogP contribution in [-0.2, 0) is 18.3 Å². The normalized spacial score (nSPS) is 11.0. The number of para-hydroxylation sites is 1. The van der Waals surface area contributed by atoms with E-state index in [4.69, 9.17) is 0 Å². The Balaban J connectivity index is 1.60. The Hall–Kier alpha value is -3.41. The van der Waals surface area contributed by atoms with Crippen LogP contribution in [0.25, 0.3) is 22.2 Å². The third kappa shape index (κ3) is 3.60. The summed E-state index contributed by atoms with van der Waals surface area (Å²) in [4.78, 5) is 15.7. The van der Waals surface area contributed by atoms with Gasteiger partial charge in [0.05, 0.1) is 0 Å². The van der Waals surface area contributed by atoms with E-state index in [9.17, 15) is 9.18 Å². The number of H-pyrrole nitrogens is 1. The maximum absolute atomic E-state index is 13.3. The van der Waals surface area contributed by atoms with Crippen molar-refractivity contribution in [2.24, 2.45) is 7.05 Å². The third-order valence-corrected chi connectivity index (χ3v) is 4.53. The average Bonchev–Trinajstić information content (AvgIpc) is 3.24. The summed E-state index contributed by atoms with van der Waals surface area (Å²) in [6, 6.07) is 16.1. The second kappa shape index (κ2) is 7.07. The number of fused-ring (bicyclic) bond motifs is 1. The molecule has 0 saturated carbocycles. The van der Waals surface area contributed by atoms with Gasteiger partial charge in [-0.05, 0) is 47.9 Å². The standard InChI is InChI=1S/C21H19FN4O/c1-26-13-12-19(25-26)24-20(27)11-10-17-16-4-2-3-5-18(16)23-21(17)14-6-8-15(22)9-7-14/h2-9,12-13,23H,10-11H2,1H3,(H,24,25,27). The lowest BCUT2D eigenvalue weighted by Gasteiger charge is -2.06. The van der Waals surface area contributed by atoms with Crippen LogP contribution in [0.1, 0.15) is 12.0 Å². The Bertz CT molecular complexity index is 1100.